The Morgan fingerprint density at radius 3 is 2.22 bits per heavy atom. The minimum atomic E-state index is -0.895. The van der Waals surface area contributed by atoms with Crippen LogP contribution in [0.25, 0.3) is 11.1 Å². The van der Waals surface area contributed by atoms with Crippen LogP contribution in [0.15, 0.2) is 53.1 Å². The van der Waals surface area contributed by atoms with E-state index < -0.39 is 11.2 Å². The van der Waals surface area contributed by atoms with Crippen molar-refractivity contribution in [1.29, 1.82) is 0 Å². The summed E-state index contributed by atoms with van der Waals surface area (Å²) in [7, 11) is 0. The molecule has 4 fully saturated rings. The first-order valence-corrected chi connectivity index (χ1v) is 15.1. The molecule has 2 bridgehead atoms. The van der Waals surface area contributed by atoms with Gasteiger partial charge in [0.2, 0.25) is 5.89 Å². The molecule has 41 heavy (non-hydrogen) atoms. The SMILES string of the molecule is CC(C)(C)OC(=O)N(CC12CCC(c3nc(C4CC4)no3)(CC1)CC2)c1cccc(-c2ccc(C(C)(C)O)cc2)c1. The molecule has 1 aromatic heterocycles. The van der Waals surface area contributed by atoms with E-state index in [4.69, 9.17) is 14.2 Å². The van der Waals surface area contributed by atoms with Crippen LogP contribution in [0.2, 0.25) is 0 Å². The zero-order valence-electron chi connectivity index (χ0n) is 25.1. The number of anilines is 1. The minimum Gasteiger partial charge on any atom is -0.443 e. The molecule has 7 heteroatoms. The highest BCUT2D eigenvalue weighted by molar-refractivity contribution is 5.89. The highest BCUT2D eigenvalue weighted by Crippen LogP contribution is 2.58. The highest BCUT2D eigenvalue weighted by atomic mass is 16.6. The molecule has 1 N–H and O–H groups in total. The average molecular weight is 558 g/mol. The summed E-state index contributed by atoms with van der Waals surface area (Å²) in [5.41, 5.74) is 2.28. The monoisotopic (exact) mass is 557 g/mol. The fraction of sp³-hybridized carbons (Fsp3) is 0.559. The van der Waals surface area contributed by atoms with Crippen LogP contribution < -0.4 is 4.90 Å². The molecule has 2 aromatic carbocycles. The minimum absolute atomic E-state index is 0.0200. The van der Waals surface area contributed by atoms with E-state index in [1.165, 1.54) is 12.8 Å². The molecule has 4 saturated carbocycles. The molecule has 0 atom stereocenters. The van der Waals surface area contributed by atoms with E-state index in [0.29, 0.717) is 12.5 Å². The van der Waals surface area contributed by atoms with Crippen molar-refractivity contribution in [1.82, 2.24) is 10.1 Å². The van der Waals surface area contributed by atoms with Crippen LogP contribution in [0, 0.1) is 5.41 Å². The number of rotatable bonds is 7. The first kappa shape index (κ1) is 28.0. The Kier molecular flexibility index (Phi) is 6.80. The predicted molar refractivity (Wildman–Crippen MR) is 159 cm³/mol. The van der Waals surface area contributed by atoms with E-state index in [1.54, 1.807) is 13.8 Å². The quantitative estimate of drug-likeness (QED) is 0.318. The number of carbonyl (C=O) groups excluding carboxylic acids is 1. The standard InChI is InChI=1S/C34H43N3O4/c1-31(2,3)40-30(38)37(27-8-6-7-25(21-27)23-11-13-26(14-12-23)32(4,5)39)22-33-15-18-34(19-16-33,20-17-33)29-35-28(36-41-29)24-9-10-24/h6-8,11-14,21,24,39H,9-10,15-20,22H2,1-5H3. The smallest absolute Gasteiger partial charge is 0.414 e. The molecule has 7 rings (SSSR count). The van der Waals surface area contributed by atoms with Gasteiger partial charge in [-0.1, -0.05) is 41.6 Å². The lowest BCUT2D eigenvalue weighted by molar-refractivity contribution is 0.0219. The van der Waals surface area contributed by atoms with Gasteiger partial charge in [0.25, 0.3) is 0 Å². The van der Waals surface area contributed by atoms with Crippen molar-refractivity contribution in [3.05, 3.63) is 65.8 Å². The second-order valence-electron chi connectivity index (χ2n) is 14.3. The van der Waals surface area contributed by atoms with Gasteiger partial charge in [0, 0.05) is 23.6 Å². The number of hydrogen-bond acceptors (Lipinski definition) is 6. The maximum atomic E-state index is 13.7. The van der Waals surface area contributed by atoms with E-state index in [-0.39, 0.29) is 16.9 Å². The van der Waals surface area contributed by atoms with Crippen LogP contribution in [-0.4, -0.2) is 33.5 Å². The van der Waals surface area contributed by atoms with Crippen molar-refractivity contribution in [3.63, 3.8) is 0 Å². The predicted octanol–water partition coefficient (Wildman–Crippen LogP) is 7.88. The van der Waals surface area contributed by atoms with Crippen molar-refractivity contribution in [2.24, 2.45) is 5.41 Å². The summed E-state index contributed by atoms with van der Waals surface area (Å²) in [6.45, 7) is 9.94. The molecule has 4 aliphatic carbocycles. The number of aliphatic hydroxyl groups is 1. The summed E-state index contributed by atoms with van der Waals surface area (Å²) < 4.78 is 11.8. The summed E-state index contributed by atoms with van der Waals surface area (Å²) in [5, 5.41) is 14.7. The van der Waals surface area contributed by atoms with E-state index >= 15 is 0 Å². The van der Waals surface area contributed by atoms with Crippen LogP contribution in [-0.2, 0) is 15.8 Å². The Bertz CT molecular complexity index is 1380. The van der Waals surface area contributed by atoms with E-state index in [1.807, 2.05) is 62.1 Å². The molecule has 0 spiro atoms. The molecule has 0 radical (unpaired) electrons. The Hall–Kier alpha value is -3.19. The second-order valence-corrected chi connectivity index (χ2v) is 14.3. The molecule has 7 nitrogen and oxygen atoms in total. The molecule has 4 aliphatic rings. The topological polar surface area (TPSA) is 88.7 Å². The second kappa shape index (κ2) is 9.97. The van der Waals surface area contributed by atoms with Crippen molar-refractivity contribution >= 4 is 11.8 Å². The Balaban J connectivity index is 1.24. The lowest BCUT2D eigenvalue weighted by atomic mass is 9.53. The van der Waals surface area contributed by atoms with Gasteiger partial charge in [-0.3, -0.25) is 4.90 Å². The maximum absolute atomic E-state index is 13.7. The number of carbonyl (C=O) groups is 1. The number of aromatic nitrogens is 2. The highest BCUT2D eigenvalue weighted by Gasteiger charge is 2.53. The number of nitrogens with zero attached hydrogens (tertiary/aromatic N) is 3. The number of ether oxygens (including phenoxy) is 1. The summed E-state index contributed by atoms with van der Waals surface area (Å²) in [6.07, 6.45) is 8.11. The molecule has 0 saturated heterocycles. The molecule has 1 amide bonds. The zero-order chi connectivity index (χ0) is 29.0. The summed E-state index contributed by atoms with van der Waals surface area (Å²) in [6, 6.07) is 16.1. The van der Waals surface area contributed by atoms with E-state index in [0.717, 1.165) is 72.6 Å². The van der Waals surface area contributed by atoms with Gasteiger partial charge in [0.1, 0.15) is 5.60 Å². The van der Waals surface area contributed by atoms with Crippen LogP contribution >= 0.6 is 0 Å². The summed E-state index contributed by atoms with van der Waals surface area (Å²) in [4.78, 5) is 20.4. The lowest BCUT2D eigenvalue weighted by Gasteiger charge is -2.53. The zero-order valence-corrected chi connectivity index (χ0v) is 25.1. The molecule has 1 heterocycles. The largest absolute Gasteiger partial charge is 0.443 e. The van der Waals surface area contributed by atoms with Crippen LogP contribution in [0.4, 0.5) is 10.5 Å². The molecule has 218 valence electrons. The average Bonchev–Trinajstić information content (AvgIpc) is 3.67. The molecular formula is C34H43N3O4. The van der Waals surface area contributed by atoms with Gasteiger partial charge in [-0.15, -0.1) is 0 Å². The first-order chi connectivity index (χ1) is 19.3. The van der Waals surface area contributed by atoms with Crippen molar-refractivity contribution in [3.8, 4) is 11.1 Å². The Morgan fingerprint density at radius 2 is 1.63 bits per heavy atom. The van der Waals surface area contributed by atoms with Gasteiger partial charge in [-0.05, 0) is 120 Å². The normalized spacial score (nSPS) is 24.3. The maximum Gasteiger partial charge on any atom is 0.414 e. The fourth-order valence-corrected chi connectivity index (χ4v) is 6.62. The Labute approximate surface area is 243 Å². The Morgan fingerprint density at radius 1 is 0.976 bits per heavy atom. The van der Waals surface area contributed by atoms with Crippen molar-refractivity contribution < 1.29 is 19.2 Å². The molecule has 0 aliphatic heterocycles. The number of amides is 1. The number of hydrogen-bond donors (Lipinski definition) is 1. The third kappa shape index (κ3) is 5.78. The summed E-state index contributed by atoms with van der Waals surface area (Å²) >= 11 is 0. The van der Waals surface area contributed by atoms with Crippen LogP contribution in [0.3, 0.4) is 0 Å². The molecular weight excluding hydrogens is 514 g/mol. The van der Waals surface area contributed by atoms with Crippen LogP contribution in [0.5, 0.6) is 0 Å². The van der Waals surface area contributed by atoms with Crippen LogP contribution in [0.1, 0.15) is 109 Å². The first-order valence-electron chi connectivity index (χ1n) is 15.1. The number of fused-ring (bicyclic) bond motifs is 3. The number of benzene rings is 2. The van der Waals surface area contributed by atoms with Gasteiger partial charge in [0.15, 0.2) is 5.82 Å². The van der Waals surface area contributed by atoms with Gasteiger partial charge in [0.05, 0.1) is 5.60 Å². The van der Waals surface area contributed by atoms with Gasteiger partial charge in [-0.25, -0.2) is 4.79 Å². The molecule has 3 aromatic rings. The van der Waals surface area contributed by atoms with Gasteiger partial charge < -0.3 is 14.4 Å². The lowest BCUT2D eigenvalue weighted by Crippen LogP contribution is -2.51. The molecule has 0 unspecified atom stereocenters. The fourth-order valence-electron chi connectivity index (χ4n) is 6.62. The van der Waals surface area contributed by atoms with Gasteiger partial charge in [-0.2, -0.15) is 4.98 Å². The van der Waals surface area contributed by atoms with E-state index in [9.17, 15) is 9.90 Å². The van der Waals surface area contributed by atoms with Crippen molar-refractivity contribution in [2.45, 2.75) is 109 Å². The van der Waals surface area contributed by atoms with Crippen molar-refractivity contribution in [2.75, 3.05) is 11.4 Å². The van der Waals surface area contributed by atoms with Gasteiger partial charge >= 0.3 is 6.09 Å². The third-order valence-electron chi connectivity index (χ3n) is 9.43. The summed E-state index contributed by atoms with van der Waals surface area (Å²) in [5.74, 6) is 2.22. The third-order valence-corrected chi connectivity index (χ3v) is 9.43. The van der Waals surface area contributed by atoms with E-state index in [2.05, 4.69) is 17.3 Å².